The molecule has 0 aromatic carbocycles. The number of hydrogen-bond acceptors (Lipinski definition) is 4. The van der Waals surface area contributed by atoms with Gasteiger partial charge in [0.15, 0.2) is 0 Å². The van der Waals surface area contributed by atoms with Gasteiger partial charge in [0, 0.05) is 13.7 Å². The van der Waals surface area contributed by atoms with Gasteiger partial charge in [-0.15, -0.1) is 0 Å². The van der Waals surface area contributed by atoms with Crippen LogP contribution in [0.15, 0.2) is 28.9 Å². The lowest BCUT2D eigenvalue weighted by atomic mass is 10.2. The van der Waals surface area contributed by atoms with Crippen LogP contribution in [-0.2, 0) is 11.8 Å². The van der Waals surface area contributed by atoms with Crippen LogP contribution in [0.5, 0.6) is 0 Å². The molecule has 0 bridgehead atoms. The van der Waals surface area contributed by atoms with Crippen molar-refractivity contribution in [3.05, 3.63) is 41.6 Å². The normalized spacial score (nSPS) is 12.6. The number of amides is 1. The molecule has 6 nitrogen and oxygen atoms in total. The number of rotatable bonds is 7. The number of furan rings is 1. The third kappa shape index (κ3) is 4.21. The molecule has 0 saturated heterocycles. The molecule has 1 amide bonds. The predicted molar refractivity (Wildman–Crippen MR) is 82.5 cm³/mol. The number of nitrogens with zero attached hydrogens (tertiary/aromatic N) is 2. The van der Waals surface area contributed by atoms with Crippen LogP contribution in [0.25, 0.3) is 0 Å². The number of ether oxygens (including phenoxy) is 1. The maximum Gasteiger partial charge on any atom is 0.270 e. The zero-order valence-electron chi connectivity index (χ0n) is 13.5. The summed E-state index contributed by atoms with van der Waals surface area (Å²) < 4.78 is 12.6. The molecule has 1 N–H and O–H groups in total. The van der Waals surface area contributed by atoms with Crippen molar-refractivity contribution in [1.82, 2.24) is 15.1 Å². The Morgan fingerprint density at radius 3 is 2.77 bits per heavy atom. The van der Waals surface area contributed by atoms with Gasteiger partial charge in [0.25, 0.3) is 5.91 Å². The minimum atomic E-state index is -0.323. The van der Waals surface area contributed by atoms with E-state index in [1.165, 1.54) is 0 Å². The van der Waals surface area contributed by atoms with Crippen molar-refractivity contribution in [1.29, 1.82) is 0 Å². The monoisotopic (exact) mass is 305 g/mol. The highest BCUT2D eigenvalue weighted by molar-refractivity contribution is 5.92. The van der Waals surface area contributed by atoms with Crippen molar-refractivity contribution in [2.75, 3.05) is 13.2 Å². The molecule has 2 heterocycles. The summed E-state index contributed by atoms with van der Waals surface area (Å²) >= 11 is 0. The Morgan fingerprint density at radius 1 is 1.45 bits per heavy atom. The van der Waals surface area contributed by atoms with Gasteiger partial charge in [-0.2, -0.15) is 5.10 Å². The Morgan fingerprint density at radius 2 is 2.23 bits per heavy atom. The first-order chi connectivity index (χ1) is 10.5. The zero-order valence-corrected chi connectivity index (χ0v) is 13.5. The summed E-state index contributed by atoms with van der Waals surface area (Å²) in [7, 11) is 1.75. The van der Waals surface area contributed by atoms with E-state index in [1.807, 2.05) is 13.0 Å². The van der Waals surface area contributed by atoms with Crippen molar-refractivity contribution in [3.63, 3.8) is 0 Å². The van der Waals surface area contributed by atoms with Crippen molar-refractivity contribution < 1.29 is 13.9 Å². The van der Waals surface area contributed by atoms with Gasteiger partial charge in [0.1, 0.15) is 17.5 Å². The van der Waals surface area contributed by atoms with Gasteiger partial charge in [0.05, 0.1) is 18.6 Å². The third-order valence-corrected chi connectivity index (χ3v) is 3.16. The molecule has 2 aromatic rings. The van der Waals surface area contributed by atoms with Gasteiger partial charge < -0.3 is 14.5 Å². The fourth-order valence-corrected chi connectivity index (χ4v) is 2.16. The van der Waals surface area contributed by atoms with E-state index >= 15 is 0 Å². The number of carbonyl (C=O) groups is 1. The number of nitrogens with one attached hydrogen (secondary N) is 1. The smallest absolute Gasteiger partial charge is 0.270 e. The molecule has 0 aliphatic carbocycles. The van der Waals surface area contributed by atoms with Gasteiger partial charge in [0.2, 0.25) is 0 Å². The van der Waals surface area contributed by atoms with Crippen LogP contribution in [-0.4, -0.2) is 28.9 Å². The molecule has 0 spiro atoms. The molecule has 2 aromatic heterocycles. The van der Waals surface area contributed by atoms with Crippen LogP contribution in [0, 0.1) is 12.8 Å². The van der Waals surface area contributed by atoms with Crippen molar-refractivity contribution in [2.45, 2.75) is 26.8 Å². The summed E-state index contributed by atoms with van der Waals surface area (Å²) in [5.74, 6) is 0.918. The first kappa shape index (κ1) is 16.3. The molecule has 0 radical (unpaired) electrons. The number of carbonyl (C=O) groups excluding carboxylic acids is 1. The highest BCUT2D eigenvalue weighted by atomic mass is 16.5. The molecule has 1 atom stereocenters. The van der Waals surface area contributed by atoms with Crippen LogP contribution in [0.2, 0.25) is 0 Å². The summed E-state index contributed by atoms with van der Waals surface area (Å²) in [4.78, 5) is 12.4. The molecule has 0 unspecified atom stereocenters. The fraction of sp³-hybridized carbons (Fsp3) is 0.500. The number of aromatic nitrogens is 2. The Balaban J connectivity index is 2.05. The van der Waals surface area contributed by atoms with Crippen molar-refractivity contribution in [2.24, 2.45) is 13.0 Å². The Hall–Kier alpha value is -2.08. The van der Waals surface area contributed by atoms with E-state index in [0.717, 1.165) is 5.69 Å². The quantitative estimate of drug-likeness (QED) is 0.853. The van der Waals surface area contributed by atoms with Gasteiger partial charge >= 0.3 is 0 Å². The van der Waals surface area contributed by atoms with Gasteiger partial charge in [-0.1, -0.05) is 13.8 Å². The van der Waals surface area contributed by atoms with E-state index in [0.29, 0.717) is 30.6 Å². The first-order valence-electron chi connectivity index (χ1n) is 7.40. The number of aryl methyl sites for hydroxylation is 2. The highest BCUT2D eigenvalue weighted by Gasteiger charge is 2.20. The predicted octanol–water partition coefficient (Wildman–Crippen LogP) is 2.47. The molecule has 22 heavy (non-hydrogen) atoms. The summed E-state index contributed by atoms with van der Waals surface area (Å²) in [6.45, 7) is 7.02. The average Bonchev–Trinajstić information content (AvgIpc) is 3.06. The molecule has 0 saturated carbocycles. The lowest BCUT2D eigenvalue weighted by Gasteiger charge is -2.17. The van der Waals surface area contributed by atoms with Crippen LogP contribution in [0.4, 0.5) is 0 Å². The maximum atomic E-state index is 12.4. The average molecular weight is 305 g/mol. The summed E-state index contributed by atoms with van der Waals surface area (Å²) in [5, 5.41) is 7.13. The lowest BCUT2D eigenvalue weighted by molar-refractivity contribution is 0.0725. The zero-order chi connectivity index (χ0) is 16.1. The first-order valence-corrected chi connectivity index (χ1v) is 7.40. The second kappa shape index (κ2) is 7.26. The van der Waals surface area contributed by atoms with Crippen LogP contribution in [0.3, 0.4) is 0 Å². The van der Waals surface area contributed by atoms with Crippen LogP contribution in [0.1, 0.15) is 41.8 Å². The van der Waals surface area contributed by atoms with E-state index in [2.05, 4.69) is 24.3 Å². The van der Waals surface area contributed by atoms with E-state index in [-0.39, 0.29) is 11.9 Å². The molecule has 120 valence electrons. The van der Waals surface area contributed by atoms with E-state index < -0.39 is 0 Å². The van der Waals surface area contributed by atoms with E-state index in [4.69, 9.17) is 9.15 Å². The standard InChI is InChI=1S/C16H23N3O3/c1-11(2)9-21-10-13(15-6-5-7-22-15)17-16(20)14-8-12(3)18-19(14)4/h5-8,11,13H,9-10H2,1-4H3,(H,17,20)/t13-/m0/s1. The highest BCUT2D eigenvalue weighted by Crippen LogP contribution is 2.15. The van der Waals surface area contributed by atoms with Crippen LogP contribution < -0.4 is 5.32 Å². The van der Waals surface area contributed by atoms with Gasteiger partial charge in [-0.25, -0.2) is 0 Å². The summed E-state index contributed by atoms with van der Waals surface area (Å²) in [5.41, 5.74) is 1.32. The second-order valence-electron chi connectivity index (χ2n) is 5.77. The lowest BCUT2D eigenvalue weighted by Crippen LogP contribution is -2.32. The summed E-state index contributed by atoms with van der Waals surface area (Å²) in [6.07, 6.45) is 1.59. The SMILES string of the molecule is Cc1cc(C(=O)N[C@@H](COCC(C)C)c2ccco2)n(C)n1. The molecule has 6 heteroatoms. The van der Waals surface area contributed by atoms with Crippen molar-refractivity contribution in [3.8, 4) is 0 Å². The largest absolute Gasteiger partial charge is 0.467 e. The van der Waals surface area contributed by atoms with E-state index in [9.17, 15) is 4.79 Å². The molecule has 0 aliphatic heterocycles. The van der Waals surface area contributed by atoms with Gasteiger partial charge in [-0.05, 0) is 31.0 Å². The minimum absolute atomic E-state index is 0.197. The summed E-state index contributed by atoms with van der Waals surface area (Å²) in [6, 6.07) is 5.06. The fourth-order valence-electron chi connectivity index (χ4n) is 2.16. The van der Waals surface area contributed by atoms with Crippen LogP contribution >= 0.6 is 0 Å². The maximum absolute atomic E-state index is 12.4. The molecular weight excluding hydrogens is 282 g/mol. The molecule has 0 fully saturated rings. The van der Waals surface area contributed by atoms with E-state index in [1.54, 1.807) is 30.1 Å². The topological polar surface area (TPSA) is 69.3 Å². The molecule has 0 aliphatic rings. The third-order valence-electron chi connectivity index (χ3n) is 3.16. The molecular formula is C16H23N3O3. The van der Waals surface area contributed by atoms with Gasteiger partial charge in [-0.3, -0.25) is 9.48 Å². The second-order valence-corrected chi connectivity index (χ2v) is 5.77. The van der Waals surface area contributed by atoms with Crippen molar-refractivity contribution >= 4 is 5.91 Å². The Labute approximate surface area is 130 Å². The Bertz CT molecular complexity index is 602. The minimum Gasteiger partial charge on any atom is -0.467 e. The molecule has 2 rings (SSSR count). The Kier molecular flexibility index (Phi) is 5.38. The number of hydrogen-bond donors (Lipinski definition) is 1.